The molecule has 1 atom stereocenters. The molecule has 1 aromatic rings. The summed E-state index contributed by atoms with van der Waals surface area (Å²) < 4.78 is 0. The lowest BCUT2D eigenvalue weighted by Crippen LogP contribution is -2.44. The predicted molar refractivity (Wildman–Crippen MR) is 70.7 cm³/mol. The van der Waals surface area contributed by atoms with Crippen molar-refractivity contribution in [3.05, 3.63) is 34.9 Å². The van der Waals surface area contributed by atoms with E-state index in [4.69, 9.17) is 17.3 Å². The summed E-state index contributed by atoms with van der Waals surface area (Å²) in [4.78, 5) is 13.6. The monoisotopic (exact) mass is 254 g/mol. The summed E-state index contributed by atoms with van der Waals surface area (Å²) in [6, 6.07) is 7.02. The van der Waals surface area contributed by atoms with Gasteiger partial charge in [-0.15, -0.1) is 0 Å². The van der Waals surface area contributed by atoms with Crippen molar-refractivity contribution in [3.63, 3.8) is 0 Å². The van der Waals surface area contributed by atoms with Crippen LogP contribution in [0.25, 0.3) is 0 Å². The fraction of sp³-hybridized carbons (Fsp3) is 0.462. The molecule has 1 unspecified atom stereocenters. The third kappa shape index (κ3) is 4.02. The van der Waals surface area contributed by atoms with Crippen LogP contribution >= 0.6 is 11.6 Å². The molecule has 0 bridgehead atoms. The van der Waals surface area contributed by atoms with Gasteiger partial charge in [0.15, 0.2) is 0 Å². The van der Waals surface area contributed by atoms with Gasteiger partial charge in [-0.05, 0) is 23.6 Å². The van der Waals surface area contributed by atoms with Gasteiger partial charge in [0.2, 0.25) is 5.91 Å². The first-order valence-corrected chi connectivity index (χ1v) is 6.04. The van der Waals surface area contributed by atoms with E-state index < -0.39 is 6.04 Å². The molecule has 1 amide bonds. The fourth-order valence-electron chi connectivity index (χ4n) is 1.48. The third-order valence-corrected chi connectivity index (χ3v) is 2.96. The normalized spacial score (nSPS) is 12.6. The minimum Gasteiger partial charge on any atom is -0.340 e. The lowest BCUT2D eigenvalue weighted by molar-refractivity contribution is -0.132. The van der Waals surface area contributed by atoms with E-state index in [0.29, 0.717) is 11.6 Å². The summed E-state index contributed by atoms with van der Waals surface area (Å²) in [5.41, 5.74) is 6.87. The van der Waals surface area contributed by atoms with Crippen molar-refractivity contribution in [3.8, 4) is 0 Å². The zero-order valence-electron chi connectivity index (χ0n) is 10.5. The van der Waals surface area contributed by atoms with Crippen molar-refractivity contribution >= 4 is 17.5 Å². The Labute approximate surface area is 108 Å². The molecule has 0 saturated heterocycles. The zero-order valence-corrected chi connectivity index (χ0v) is 11.2. The van der Waals surface area contributed by atoms with E-state index in [9.17, 15) is 4.79 Å². The second kappa shape index (κ2) is 6.03. The molecule has 0 fully saturated rings. The Morgan fingerprint density at radius 2 is 1.88 bits per heavy atom. The lowest BCUT2D eigenvalue weighted by Gasteiger charge is -2.23. The van der Waals surface area contributed by atoms with Crippen LogP contribution in [0.15, 0.2) is 24.3 Å². The van der Waals surface area contributed by atoms with Gasteiger partial charge in [-0.2, -0.15) is 0 Å². The van der Waals surface area contributed by atoms with Crippen molar-refractivity contribution in [1.82, 2.24) is 4.90 Å². The largest absolute Gasteiger partial charge is 0.340 e. The summed E-state index contributed by atoms with van der Waals surface area (Å²) in [6.07, 6.45) is 0. The van der Waals surface area contributed by atoms with Crippen LogP contribution < -0.4 is 5.73 Å². The summed E-state index contributed by atoms with van der Waals surface area (Å²) in [5.74, 6) is 0.116. The maximum Gasteiger partial charge on any atom is 0.239 e. The molecule has 0 heterocycles. The van der Waals surface area contributed by atoms with E-state index in [1.165, 1.54) is 0 Å². The first kappa shape index (κ1) is 14.0. The van der Waals surface area contributed by atoms with Crippen LogP contribution in [-0.4, -0.2) is 23.9 Å². The number of nitrogens with zero attached hydrogens (tertiary/aromatic N) is 1. The average molecular weight is 255 g/mol. The quantitative estimate of drug-likeness (QED) is 0.896. The van der Waals surface area contributed by atoms with Crippen molar-refractivity contribution in [1.29, 1.82) is 0 Å². The second-order valence-corrected chi connectivity index (χ2v) is 5.03. The van der Waals surface area contributed by atoms with Gasteiger partial charge in [-0.25, -0.2) is 0 Å². The number of hydrogen-bond acceptors (Lipinski definition) is 2. The van der Waals surface area contributed by atoms with Gasteiger partial charge in [0.25, 0.3) is 0 Å². The SMILES string of the molecule is CC(C)C(N)C(=O)N(C)Cc1ccc(Cl)cc1. The molecule has 94 valence electrons. The number of carbonyl (C=O) groups is 1. The highest BCUT2D eigenvalue weighted by atomic mass is 35.5. The van der Waals surface area contributed by atoms with Gasteiger partial charge < -0.3 is 10.6 Å². The smallest absolute Gasteiger partial charge is 0.239 e. The van der Waals surface area contributed by atoms with Gasteiger partial charge in [-0.1, -0.05) is 37.6 Å². The standard InChI is InChI=1S/C13H19ClN2O/c1-9(2)12(15)13(17)16(3)8-10-4-6-11(14)7-5-10/h4-7,9,12H,8,15H2,1-3H3. The zero-order chi connectivity index (χ0) is 13.0. The Hall–Kier alpha value is -1.06. The van der Waals surface area contributed by atoms with E-state index in [1.54, 1.807) is 11.9 Å². The van der Waals surface area contributed by atoms with Gasteiger partial charge in [0.05, 0.1) is 6.04 Å². The summed E-state index contributed by atoms with van der Waals surface area (Å²) in [6.45, 7) is 4.44. The van der Waals surface area contributed by atoms with E-state index >= 15 is 0 Å². The number of nitrogens with two attached hydrogens (primary N) is 1. The molecule has 0 aliphatic heterocycles. The van der Waals surface area contributed by atoms with Crippen LogP contribution in [-0.2, 0) is 11.3 Å². The number of hydrogen-bond donors (Lipinski definition) is 1. The molecule has 17 heavy (non-hydrogen) atoms. The van der Waals surface area contributed by atoms with Gasteiger partial charge in [0.1, 0.15) is 0 Å². The lowest BCUT2D eigenvalue weighted by atomic mass is 10.0. The van der Waals surface area contributed by atoms with Gasteiger partial charge >= 0.3 is 0 Å². The van der Waals surface area contributed by atoms with Crippen molar-refractivity contribution < 1.29 is 4.79 Å². The molecule has 0 spiro atoms. The van der Waals surface area contributed by atoms with Crippen LogP contribution in [0.2, 0.25) is 5.02 Å². The van der Waals surface area contributed by atoms with Crippen LogP contribution in [0.3, 0.4) is 0 Å². The molecule has 0 aliphatic carbocycles. The van der Waals surface area contributed by atoms with E-state index in [1.807, 2.05) is 38.1 Å². The molecule has 0 aromatic heterocycles. The number of rotatable bonds is 4. The maximum absolute atomic E-state index is 11.9. The Kier molecular flexibility index (Phi) is 4.97. The van der Waals surface area contributed by atoms with Gasteiger partial charge in [-0.3, -0.25) is 4.79 Å². The molecule has 0 saturated carbocycles. The molecule has 4 heteroatoms. The summed E-state index contributed by atoms with van der Waals surface area (Å²) >= 11 is 5.80. The second-order valence-electron chi connectivity index (χ2n) is 4.59. The first-order chi connectivity index (χ1) is 7.91. The van der Waals surface area contributed by atoms with Crippen LogP contribution in [0.4, 0.5) is 0 Å². The van der Waals surface area contributed by atoms with Crippen molar-refractivity contribution in [2.24, 2.45) is 11.7 Å². The highest BCUT2D eigenvalue weighted by Crippen LogP contribution is 2.12. The average Bonchev–Trinajstić information content (AvgIpc) is 2.30. The molecule has 1 aromatic carbocycles. The van der Waals surface area contributed by atoms with E-state index in [2.05, 4.69) is 0 Å². The number of benzene rings is 1. The van der Waals surface area contributed by atoms with E-state index in [0.717, 1.165) is 5.56 Å². The van der Waals surface area contributed by atoms with Crippen LogP contribution in [0, 0.1) is 5.92 Å². The molecule has 0 radical (unpaired) electrons. The molecular formula is C13H19ClN2O. The summed E-state index contributed by atoms with van der Waals surface area (Å²) in [5, 5.41) is 0.696. The Balaban J connectivity index is 2.63. The molecular weight excluding hydrogens is 236 g/mol. The summed E-state index contributed by atoms with van der Waals surface area (Å²) in [7, 11) is 1.76. The number of carbonyl (C=O) groups excluding carboxylic acids is 1. The highest BCUT2D eigenvalue weighted by molar-refractivity contribution is 6.30. The van der Waals surface area contributed by atoms with E-state index in [-0.39, 0.29) is 11.8 Å². The van der Waals surface area contributed by atoms with Gasteiger partial charge in [0, 0.05) is 18.6 Å². The minimum atomic E-state index is -0.438. The topological polar surface area (TPSA) is 46.3 Å². The minimum absolute atomic E-state index is 0.0325. The maximum atomic E-state index is 11.9. The fourth-order valence-corrected chi connectivity index (χ4v) is 1.61. The predicted octanol–water partition coefficient (Wildman–Crippen LogP) is 2.28. The number of amides is 1. The van der Waals surface area contributed by atoms with Crippen LogP contribution in [0.1, 0.15) is 19.4 Å². The highest BCUT2D eigenvalue weighted by Gasteiger charge is 2.20. The molecule has 2 N–H and O–H groups in total. The van der Waals surface area contributed by atoms with Crippen LogP contribution in [0.5, 0.6) is 0 Å². The molecule has 1 rings (SSSR count). The van der Waals surface area contributed by atoms with Crippen molar-refractivity contribution in [2.75, 3.05) is 7.05 Å². The Morgan fingerprint density at radius 1 is 1.35 bits per heavy atom. The molecule has 0 aliphatic rings. The Morgan fingerprint density at radius 3 is 2.35 bits per heavy atom. The number of likely N-dealkylation sites (N-methyl/N-ethyl adjacent to an activating group) is 1. The Bertz CT molecular complexity index is 376. The molecule has 3 nitrogen and oxygen atoms in total. The third-order valence-electron chi connectivity index (χ3n) is 2.71. The number of halogens is 1. The first-order valence-electron chi connectivity index (χ1n) is 5.67. The van der Waals surface area contributed by atoms with Crippen molar-refractivity contribution in [2.45, 2.75) is 26.4 Å².